The maximum absolute atomic E-state index is 14.5. The van der Waals surface area contributed by atoms with Crippen molar-refractivity contribution in [2.45, 2.75) is 115 Å². The second-order valence-electron chi connectivity index (χ2n) is 19.3. The van der Waals surface area contributed by atoms with Crippen molar-refractivity contribution < 1.29 is 42.6 Å². The maximum atomic E-state index is 14.5. The van der Waals surface area contributed by atoms with Crippen molar-refractivity contribution in [3.05, 3.63) is 106 Å². The van der Waals surface area contributed by atoms with Crippen LogP contribution in [0.2, 0.25) is 0 Å². The van der Waals surface area contributed by atoms with Gasteiger partial charge in [0.25, 0.3) is 0 Å². The van der Waals surface area contributed by atoms with Crippen LogP contribution in [0.4, 0.5) is 14.0 Å². The lowest BCUT2D eigenvalue weighted by molar-refractivity contribution is -0.147. The molecule has 0 aromatic heterocycles. The van der Waals surface area contributed by atoms with Gasteiger partial charge in [0.05, 0.1) is 14.2 Å². The first-order chi connectivity index (χ1) is 30.1. The number of carbonyl (C=O) groups excluding carboxylic acids is 6. The number of amides is 6. The van der Waals surface area contributed by atoms with E-state index in [0.717, 1.165) is 16.7 Å². The average molecular weight is 884 g/mol. The van der Waals surface area contributed by atoms with Crippen molar-refractivity contribution in [1.82, 2.24) is 25.8 Å². The van der Waals surface area contributed by atoms with Gasteiger partial charge in [-0.3, -0.25) is 19.2 Å². The monoisotopic (exact) mass is 883 g/mol. The van der Waals surface area contributed by atoms with E-state index in [-0.39, 0.29) is 43.7 Å². The molecular weight excluding hydrogens is 822 g/mol. The minimum Gasteiger partial charge on any atom is -0.453 e. The molecule has 3 aromatic carbocycles. The number of carbonyl (C=O) groups is 6. The number of nitrogens with zero attached hydrogens (tertiary/aromatic N) is 2. The molecule has 3 fully saturated rings. The lowest BCUT2D eigenvalue weighted by Gasteiger charge is -2.41. The van der Waals surface area contributed by atoms with E-state index in [1.165, 1.54) is 36.2 Å². The van der Waals surface area contributed by atoms with Crippen molar-refractivity contribution in [2.75, 3.05) is 27.3 Å². The van der Waals surface area contributed by atoms with E-state index in [4.69, 9.17) is 20.9 Å². The normalized spacial score (nSPS) is 24.4. The summed E-state index contributed by atoms with van der Waals surface area (Å²) in [5.41, 5.74) is 11.5. The largest absolute Gasteiger partial charge is 0.453 e. The third-order valence-electron chi connectivity index (χ3n) is 13.3. The molecule has 16 heteroatoms. The second-order valence-corrected chi connectivity index (χ2v) is 19.3. The molecule has 0 spiro atoms. The van der Waals surface area contributed by atoms with E-state index in [1.807, 2.05) is 77.9 Å². The molecule has 3 aliphatic heterocycles. The Labute approximate surface area is 374 Å². The van der Waals surface area contributed by atoms with Gasteiger partial charge in [0, 0.05) is 31.1 Å². The van der Waals surface area contributed by atoms with Gasteiger partial charge in [-0.1, -0.05) is 102 Å². The molecule has 0 radical (unpaired) electrons. The molecule has 3 aromatic rings. The standard InChI is InChI=1S/C48H62FN7O8/c1-45(2,3)37(53-43(61)63-7)39(57)55-23-11-21-47(55,41(50)59)31-15-9-13-29(25-31)35-27-34(28-17-19-33(49)20-18-28)36(52-35)30-14-10-16-32(26-30)48(42(51)60)22-12-24-56(48)40(58)38(46(4,5)6)54-44(62)64-8/h9-10,13-20,25-26,34-38,52H,11-12,21-24,27H2,1-8H3,(H2,50,59)(H2,51,60)(H,53,61)(H,54,62)/t34?,35-,36-,37-,38-,47+,48+/m1/s1. The number of ether oxygens (including phenoxy) is 2. The number of methoxy groups -OCH3 is 2. The van der Waals surface area contributed by atoms with Crippen LogP contribution in [-0.4, -0.2) is 85.0 Å². The summed E-state index contributed by atoms with van der Waals surface area (Å²) in [5, 5.41) is 9.13. The number of nitrogens with one attached hydrogen (secondary N) is 3. The summed E-state index contributed by atoms with van der Waals surface area (Å²) in [6.07, 6.45) is 0.494. The fourth-order valence-corrected chi connectivity index (χ4v) is 9.99. The Hall–Kier alpha value is -6.03. The molecule has 15 nitrogen and oxygen atoms in total. The summed E-state index contributed by atoms with van der Waals surface area (Å²) in [5.74, 6) is -2.94. The molecule has 6 amide bonds. The molecule has 64 heavy (non-hydrogen) atoms. The van der Waals surface area contributed by atoms with E-state index < -0.39 is 75.8 Å². The van der Waals surface area contributed by atoms with Crippen LogP contribution in [-0.2, 0) is 39.7 Å². The van der Waals surface area contributed by atoms with E-state index in [9.17, 15) is 33.2 Å². The van der Waals surface area contributed by atoms with Gasteiger partial charge in [0.2, 0.25) is 23.6 Å². The van der Waals surface area contributed by atoms with Gasteiger partial charge in [-0.25, -0.2) is 14.0 Å². The number of halogens is 1. The zero-order chi connectivity index (χ0) is 46.9. The predicted octanol–water partition coefficient (Wildman–Crippen LogP) is 5.53. The lowest BCUT2D eigenvalue weighted by atomic mass is 9.80. The number of alkyl carbamates (subject to hydrolysis) is 2. The van der Waals surface area contributed by atoms with Crippen molar-refractivity contribution in [3.8, 4) is 0 Å². The lowest BCUT2D eigenvalue weighted by Crippen LogP contribution is -2.61. The van der Waals surface area contributed by atoms with E-state index in [0.29, 0.717) is 30.4 Å². The fraction of sp³-hybridized carbons (Fsp3) is 0.500. The van der Waals surface area contributed by atoms with E-state index >= 15 is 0 Å². The Kier molecular flexibility index (Phi) is 13.5. The number of primary amides is 2. The highest BCUT2D eigenvalue weighted by Crippen LogP contribution is 2.49. The van der Waals surface area contributed by atoms with Gasteiger partial charge in [-0.15, -0.1) is 0 Å². The van der Waals surface area contributed by atoms with E-state index in [2.05, 4.69) is 16.0 Å². The molecular formula is C48H62FN7O8. The molecule has 6 rings (SSSR count). The highest BCUT2D eigenvalue weighted by Gasteiger charge is 2.55. The SMILES string of the molecule is COC(=O)N[C@H](C(=O)N1CCC[C@@]1(C(N)=O)c1cccc([C@H]2N[C@@H](c3cccc([C@]4(C(N)=O)CCCN4C(=O)[C@@H](NC(=O)OC)C(C)(C)C)c3)CC2c2ccc(F)cc2)c1)C(C)(C)C. The number of benzene rings is 3. The van der Waals surface area contributed by atoms with Crippen molar-refractivity contribution >= 4 is 35.8 Å². The summed E-state index contributed by atoms with van der Waals surface area (Å²) in [7, 11) is 2.43. The predicted molar refractivity (Wildman–Crippen MR) is 236 cm³/mol. The molecule has 7 atom stereocenters. The molecule has 1 unspecified atom stereocenters. The number of hydrogen-bond acceptors (Lipinski definition) is 9. The first-order valence-electron chi connectivity index (χ1n) is 21.7. The molecule has 0 bridgehead atoms. The Balaban J connectivity index is 1.39. The molecule has 0 saturated carbocycles. The minimum absolute atomic E-state index is 0.225. The van der Waals surface area contributed by atoms with Gasteiger partial charge in [0.15, 0.2) is 0 Å². The van der Waals surface area contributed by atoms with Crippen molar-refractivity contribution in [1.29, 1.82) is 0 Å². The highest BCUT2D eigenvalue weighted by molar-refractivity contribution is 5.96. The second kappa shape index (κ2) is 18.2. The smallest absolute Gasteiger partial charge is 0.407 e. The Morgan fingerprint density at radius 3 is 1.55 bits per heavy atom. The molecule has 344 valence electrons. The van der Waals surface area contributed by atoms with Gasteiger partial charge in [0.1, 0.15) is 29.0 Å². The van der Waals surface area contributed by atoms with Crippen LogP contribution in [0.25, 0.3) is 0 Å². The van der Waals surface area contributed by atoms with Crippen LogP contribution in [0.3, 0.4) is 0 Å². The first-order valence-corrected chi connectivity index (χ1v) is 21.7. The number of rotatable bonds is 11. The van der Waals surface area contributed by atoms with Crippen LogP contribution < -0.4 is 27.4 Å². The zero-order valence-electron chi connectivity index (χ0n) is 38.0. The molecule has 7 N–H and O–H groups in total. The molecule has 3 aliphatic rings. The zero-order valence-corrected chi connectivity index (χ0v) is 38.0. The number of likely N-dealkylation sites (tertiary alicyclic amines) is 2. The van der Waals surface area contributed by atoms with Crippen LogP contribution in [0.5, 0.6) is 0 Å². The fourth-order valence-electron chi connectivity index (χ4n) is 9.99. The summed E-state index contributed by atoms with van der Waals surface area (Å²) < 4.78 is 24.0. The van der Waals surface area contributed by atoms with Crippen LogP contribution in [0, 0.1) is 16.6 Å². The van der Waals surface area contributed by atoms with E-state index in [1.54, 1.807) is 24.3 Å². The van der Waals surface area contributed by atoms with Gasteiger partial charge < -0.3 is 46.7 Å². The van der Waals surface area contributed by atoms with Gasteiger partial charge in [-0.05, 0) is 82.9 Å². The van der Waals surface area contributed by atoms with Crippen LogP contribution in [0.15, 0.2) is 72.8 Å². The summed E-state index contributed by atoms with van der Waals surface area (Å²) in [6.45, 7) is 11.3. The Morgan fingerprint density at radius 1 is 0.688 bits per heavy atom. The third-order valence-corrected chi connectivity index (χ3v) is 13.3. The highest BCUT2D eigenvalue weighted by atomic mass is 19.1. The van der Waals surface area contributed by atoms with Gasteiger partial charge in [-0.2, -0.15) is 0 Å². The summed E-state index contributed by atoms with van der Waals surface area (Å²) in [6, 6.07) is 18.4. The van der Waals surface area contributed by atoms with Crippen LogP contribution >= 0.6 is 0 Å². The van der Waals surface area contributed by atoms with Crippen LogP contribution in [0.1, 0.15) is 119 Å². The Bertz CT molecular complexity index is 2280. The number of hydrogen-bond donors (Lipinski definition) is 5. The quantitative estimate of drug-likeness (QED) is 0.163. The van der Waals surface area contributed by atoms with Gasteiger partial charge >= 0.3 is 12.2 Å². The molecule has 3 saturated heterocycles. The minimum atomic E-state index is -1.53. The maximum Gasteiger partial charge on any atom is 0.407 e. The molecule has 0 aliphatic carbocycles. The Morgan fingerprint density at radius 2 is 1.12 bits per heavy atom. The first kappa shape index (κ1) is 47.4. The third kappa shape index (κ3) is 8.88. The van der Waals surface area contributed by atoms with Crippen molar-refractivity contribution in [3.63, 3.8) is 0 Å². The summed E-state index contributed by atoms with van der Waals surface area (Å²) in [4.78, 5) is 84.2. The molecule has 3 heterocycles. The van der Waals surface area contributed by atoms with Crippen molar-refractivity contribution in [2.24, 2.45) is 22.3 Å². The topological polar surface area (TPSA) is 215 Å². The average Bonchev–Trinajstić information content (AvgIpc) is 4.02. The summed E-state index contributed by atoms with van der Waals surface area (Å²) >= 11 is 0. The number of nitrogens with two attached hydrogens (primary N) is 2.